The predicted octanol–water partition coefficient (Wildman–Crippen LogP) is 0.351. The highest BCUT2D eigenvalue weighted by molar-refractivity contribution is 5.67. The van der Waals surface area contributed by atoms with Gasteiger partial charge in [0.2, 0.25) is 0 Å². The molecule has 1 rings (SSSR count). The molecule has 0 spiro atoms. The van der Waals surface area contributed by atoms with Gasteiger partial charge in [-0.3, -0.25) is 4.68 Å². The number of aromatic nitrogens is 2. The van der Waals surface area contributed by atoms with Gasteiger partial charge in [-0.1, -0.05) is 0 Å². The fraction of sp³-hybridized carbons (Fsp3) is 0.636. The second-order valence-corrected chi connectivity index (χ2v) is 5.03. The Morgan fingerprint density at radius 3 is 2.83 bits per heavy atom. The number of ether oxygens (including phenoxy) is 1. The zero-order chi connectivity index (χ0) is 13.8. The Labute approximate surface area is 106 Å². The van der Waals surface area contributed by atoms with Gasteiger partial charge in [0.15, 0.2) is 0 Å². The standard InChI is InChI=1S/C11H20N4O3/c1-11(2,3)18-10(17)13-5-9(16)7-15-6-8(12)4-14-15/h4,6,9,16H,5,7,12H2,1-3H3,(H,13,17)/t9-/m0/s1. The summed E-state index contributed by atoms with van der Waals surface area (Å²) in [5.41, 5.74) is 5.47. The Morgan fingerprint density at radius 1 is 1.67 bits per heavy atom. The number of hydrogen-bond donors (Lipinski definition) is 3. The molecule has 0 aromatic carbocycles. The van der Waals surface area contributed by atoms with Crippen LogP contribution in [0.5, 0.6) is 0 Å². The molecule has 1 amide bonds. The van der Waals surface area contributed by atoms with Crippen molar-refractivity contribution in [3.63, 3.8) is 0 Å². The Bertz CT molecular complexity index is 397. The number of anilines is 1. The van der Waals surface area contributed by atoms with E-state index >= 15 is 0 Å². The third kappa shape index (κ3) is 5.53. The number of aliphatic hydroxyl groups excluding tert-OH is 1. The van der Waals surface area contributed by atoms with E-state index in [2.05, 4.69) is 10.4 Å². The van der Waals surface area contributed by atoms with Crippen molar-refractivity contribution in [3.8, 4) is 0 Å². The molecule has 0 unspecified atom stereocenters. The number of alkyl carbamates (subject to hydrolysis) is 1. The summed E-state index contributed by atoms with van der Waals surface area (Å²) >= 11 is 0. The average molecular weight is 256 g/mol. The van der Waals surface area contributed by atoms with Gasteiger partial charge < -0.3 is 20.9 Å². The number of carbonyl (C=O) groups excluding carboxylic acids is 1. The topological polar surface area (TPSA) is 102 Å². The maximum Gasteiger partial charge on any atom is 0.407 e. The minimum atomic E-state index is -0.753. The molecule has 0 radical (unpaired) electrons. The van der Waals surface area contributed by atoms with Crippen molar-refractivity contribution in [1.29, 1.82) is 0 Å². The van der Waals surface area contributed by atoms with Crippen molar-refractivity contribution in [1.82, 2.24) is 15.1 Å². The van der Waals surface area contributed by atoms with E-state index in [1.54, 1.807) is 27.0 Å². The van der Waals surface area contributed by atoms with Crippen molar-refractivity contribution in [3.05, 3.63) is 12.4 Å². The van der Waals surface area contributed by atoms with Crippen LogP contribution >= 0.6 is 0 Å². The predicted molar refractivity (Wildman–Crippen MR) is 66.9 cm³/mol. The van der Waals surface area contributed by atoms with Gasteiger partial charge in [-0.15, -0.1) is 0 Å². The maximum absolute atomic E-state index is 11.3. The number of aliphatic hydroxyl groups is 1. The lowest BCUT2D eigenvalue weighted by Gasteiger charge is -2.20. The lowest BCUT2D eigenvalue weighted by atomic mass is 10.2. The molecule has 1 heterocycles. The summed E-state index contributed by atoms with van der Waals surface area (Å²) in [6.07, 6.45) is 1.79. The van der Waals surface area contributed by atoms with Crippen LogP contribution in [0.4, 0.5) is 10.5 Å². The molecule has 0 saturated carbocycles. The van der Waals surface area contributed by atoms with Crippen LogP contribution in [-0.2, 0) is 11.3 Å². The Kier molecular flexibility index (Phi) is 4.55. The summed E-state index contributed by atoms with van der Waals surface area (Å²) < 4.78 is 6.55. The molecule has 1 atom stereocenters. The van der Waals surface area contributed by atoms with Crippen molar-refractivity contribution in [2.45, 2.75) is 39.0 Å². The molecule has 0 fully saturated rings. The third-order valence-electron chi connectivity index (χ3n) is 1.93. The second-order valence-electron chi connectivity index (χ2n) is 5.03. The van der Waals surface area contributed by atoms with Crippen LogP contribution in [0.25, 0.3) is 0 Å². The monoisotopic (exact) mass is 256 g/mol. The van der Waals surface area contributed by atoms with Gasteiger partial charge in [0.1, 0.15) is 5.60 Å². The Hall–Kier alpha value is -1.76. The van der Waals surface area contributed by atoms with E-state index in [0.717, 1.165) is 0 Å². The first-order chi connectivity index (χ1) is 8.26. The summed E-state index contributed by atoms with van der Waals surface area (Å²) in [6.45, 7) is 5.67. The lowest BCUT2D eigenvalue weighted by Crippen LogP contribution is -2.38. The van der Waals surface area contributed by atoms with Crippen molar-refractivity contribution >= 4 is 11.8 Å². The van der Waals surface area contributed by atoms with Crippen LogP contribution in [-0.4, -0.2) is 39.2 Å². The van der Waals surface area contributed by atoms with E-state index in [1.165, 1.54) is 10.9 Å². The maximum atomic E-state index is 11.3. The van der Waals surface area contributed by atoms with Gasteiger partial charge in [0.05, 0.1) is 24.5 Å². The number of nitrogens with zero attached hydrogens (tertiary/aromatic N) is 2. The summed E-state index contributed by atoms with van der Waals surface area (Å²) in [5.74, 6) is 0. The van der Waals surface area contributed by atoms with Crippen LogP contribution in [0.1, 0.15) is 20.8 Å². The summed E-state index contributed by atoms with van der Waals surface area (Å²) in [5, 5.41) is 16.1. The molecular formula is C11H20N4O3. The highest BCUT2D eigenvalue weighted by Gasteiger charge is 2.16. The fourth-order valence-corrected chi connectivity index (χ4v) is 1.28. The van der Waals surface area contributed by atoms with Gasteiger partial charge in [-0.05, 0) is 20.8 Å². The Balaban J connectivity index is 2.29. The molecule has 102 valence electrons. The number of nitrogen functional groups attached to an aromatic ring is 1. The van der Waals surface area contributed by atoms with E-state index in [0.29, 0.717) is 5.69 Å². The highest BCUT2D eigenvalue weighted by Crippen LogP contribution is 2.06. The van der Waals surface area contributed by atoms with E-state index in [-0.39, 0.29) is 13.1 Å². The molecule has 4 N–H and O–H groups in total. The average Bonchev–Trinajstić information content (AvgIpc) is 2.58. The van der Waals surface area contributed by atoms with Gasteiger partial charge in [0.25, 0.3) is 0 Å². The van der Waals surface area contributed by atoms with Gasteiger partial charge in [0, 0.05) is 12.7 Å². The van der Waals surface area contributed by atoms with Crippen molar-refractivity contribution in [2.75, 3.05) is 12.3 Å². The molecule has 7 nitrogen and oxygen atoms in total. The quantitative estimate of drug-likeness (QED) is 0.721. The molecule has 0 aliphatic rings. The molecular weight excluding hydrogens is 236 g/mol. The Morgan fingerprint density at radius 2 is 2.33 bits per heavy atom. The second kappa shape index (κ2) is 5.72. The van der Waals surface area contributed by atoms with Gasteiger partial charge in [-0.25, -0.2) is 4.79 Å². The van der Waals surface area contributed by atoms with Crippen LogP contribution in [0.15, 0.2) is 12.4 Å². The molecule has 1 aromatic heterocycles. The summed E-state index contributed by atoms with van der Waals surface area (Å²) in [7, 11) is 0. The minimum Gasteiger partial charge on any atom is -0.444 e. The van der Waals surface area contributed by atoms with Crippen LogP contribution in [0.2, 0.25) is 0 Å². The fourth-order valence-electron chi connectivity index (χ4n) is 1.28. The van der Waals surface area contributed by atoms with Crippen LogP contribution < -0.4 is 11.1 Å². The van der Waals surface area contributed by atoms with Crippen molar-refractivity contribution in [2.24, 2.45) is 0 Å². The molecule has 18 heavy (non-hydrogen) atoms. The third-order valence-corrected chi connectivity index (χ3v) is 1.93. The number of rotatable bonds is 4. The zero-order valence-electron chi connectivity index (χ0n) is 10.9. The minimum absolute atomic E-state index is 0.0919. The molecule has 0 aliphatic carbocycles. The van der Waals surface area contributed by atoms with E-state index < -0.39 is 17.8 Å². The van der Waals surface area contributed by atoms with Gasteiger partial charge in [-0.2, -0.15) is 5.10 Å². The first-order valence-electron chi connectivity index (χ1n) is 5.69. The zero-order valence-corrected chi connectivity index (χ0v) is 10.9. The number of amides is 1. The van der Waals surface area contributed by atoms with E-state index in [1.807, 2.05) is 0 Å². The number of nitrogens with one attached hydrogen (secondary N) is 1. The number of carbonyl (C=O) groups is 1. The molecule has 7 heteroatoms. The largest absolute Gasteiger partial charge is 0.444 e. The molecule has 0 saturated heterocycles. The van der Waals surface area contributed by atoms with Crippen LogP contribution in [0.3, 0.4) is 0 Å². The van der Waals surface area contributed by atoms with E-state index in [4.69, 9.17) is 10.5 Å². The number of hydrogen-bond acceptors (Lipinski definition) is 5. The first-order valence-corrected chi connectivity index (χ1v) is 5.69. The van der Waals surface area contributed by atoms with E-state index in [9.17, 15) is 9.90 Å². The SMILES string of the molecule is CC(C)(C)OC(=O)NC[C@H](O)Cn1cc(N)cn1. The van der Waals surface area contributed by atoms with Crippen molar-refractivity contribution < 1.29 is 14.6 Å². The normalized spacial score (nSPS) is 13.1. The smallest absolute Gasteiger partial charge is 0.407 e. The molecule has 0 aliphatic heterocycles. The summed E-state index contributed by atoms with van der Waals surface area (Å²) in [4.78, 5) is 11.3. The number of nitrogens with two attached hydrogens (primary N) is 1. The molecule has 0 bridgehead atoms. The summed E-state index contributed by atoms with van der Waals surface area (Å²) in [6, 6.07) is 0. The molecule has 1 aromatic rings. The first kappa shape index (κ1) is 14.3. The van der Waals surface area contributed by atoms with Crippen LogP contribution in [0, 0.1) is 0 Å². The van der Waals surface area contributed by atoms with Gasteiger partial charge >= 0.3 is 6.09 Å². The highest BCUT2D eigenvalue weighted by atomic mass is 16.6. The lowest BCUT2D eigenvalue weighted by molar-refractivity contribution is 0.0482.